The number of hydrogen-bond donors (Lipinski definition) is 4. The minimum absolute atomic E-state index is 0.00859. The van der Waals surface area contributed by atoms with Crippen molar-refractivity contribution in [3.63, 3.8) is 0 Å². The standard InChI is InChI=1S/C18H24N4O3S2/c1-4-14(15-6-5-9-20-15)21-17(23)11-13-8-7-12(2)16(10-13)27(24,25)22-18(26)19-3/h5-10,14,20H,4,11H2,1-3H3,(H,21,23)(H2,19,22,26). The molecule has 0 saturated carbocycles. The first kappa shape index (κ1) is 20.9. The average molecular weight is 409 g/mol. The number of carbonyl (C=O) groups excluding carboxylic acids is 1. The Bertz CT molecular complexity index is 909. The Morgan fingerprint density at radius 2 is 2.04 bits per heavy atom. The Labute approximate surface area is 165 Å². The molecule has 1 unspecified atom stereocenters. The summed E-state index contributed by atoms with van der Waals surface area (Å²) in [7, 11) is -2.28. The van der Waals surface area contributed by atoms with E-state index in [1.807, 2.05) is 25.3 Å². The third-order valence-electron chi connectivity index (χ3n) is 4.10. The molecule has 7 nitrogen and oxygen atoms in total. The quantitative estimate of drug-likeness (QED) is 0.524. The van der Waals surface area contributed by atoms with Gasteiger partial charge in [-0.2, -0.15) is 0 Å². The van der Waals surface area contributed by atoms with Gasteiger partial charge in [-0.15, -0.1) is 0 Å². The maximum absolute atomic E-state index is 12.5. The third kappa shape index (κ3) is 5.54. The summed E-state index contributed by atoms with van der Waals surface area (Å²) < 4.78 is 27.3. The van der Waals surface area contributed by atoms with Gasteiger partial charge in [0, 0.05) is 18.9 Å². The predicted octanol–water partition coefficient (Wildman–Crippen LogP) is 1.92. The van der Waals surface area contributed by atoms with Crippen molar-refractivity contribution in [2.75, 3.05) is 7.05 Å². The first-order valence-electron chi connectivity index (χ1n) is 8.53. The number of amides is 1. The average Bonchev–Trinajstić information content (AvgIpc) is 3.15. The molecule has 0 aliphatic rings. The second-order valence-electron chi connectivity index (χ2n) is 6.12. The summed E-state index contributed by atoms with van der Waals surface area (Å²) in [5, 5.41) is 5.55. The summed E-state index contributed by atoms with van der Waals surface area (Å²) in [6.07, 6.45) is 2.63. The van der Waals surface area contributed by atoms with Gasteiger partial charge in [0.15, 0.2) is 5.11 Å². The van der Waals surface area contributed by atoms with Crippen LogP contribution in [-0.2, 0) is 21.2 Å². The Kier molecular flexibility index (Phi) is 6.98. The molecule has 0 bridgehead atoms. The van der Waals surface area contributed by atoms with E-state index in [0.717, 1.165) is 12.1 Å². The third-order valence-corrected chi connectivity index (χ3v) is 6.03. The van der Waals surface area contributed by atoms with Crippen LogP contribution in [0.4, 0.5) is 0 Å². The zero-order valence-corrected chi connectivity index (χ0v) is 17.1. The molecule has 0 fully saturated rings. The molecule has 27 heavy (non-hydrogen) atoms. The maximum Gasteiger partial charge on any atom is 0.263 e. The number of benzene rings is 1. The fraction of sp³-hybridized carbons (Fsp3) is 0.333. The number of hydrogen-bond acceptors (Lipinski definition) is 4. The second-order valence-corrected chi connectivity index (χ2v) is 8.17. The number of aromatic nitrogens is 1. The van der Waals surface area contributed by atoms with Gasteiger partial charge in [-0.3, -0.25) is 9.52 Å². The highest BCUT2D eigenvalue weighted by molar-refractivity contribution is 7.91. The van der Waals surface area contributed by atoms with Crippen molar-refractivity contribution in [2.24, 2.45) is 0 Å². The van der Waals surface area contributed by atoms with Crippen LogP contribution < -0.4 is 15.4 Å². The second kappa shape index (κ2) is 9.01. The fourth-order valence-corrected chi connectivity index (χ4v) is 4.25. The smallest absolute Gasteiger partial charge is 0.263 e. The molecule has 1 amide bonds. The van der Waals surface area contributed by atoms with Crippen LogP contribution in [0.1, 0.15) is 36.2 Å². The molecule has 1 atom stereocenters. The van der Waals surface area contributed by atoms with Gasteiger partial charge in [0.05, 0.1) is 17.4 Å². The zero-order valence-electron chi connectivity index (χ0n) is 15.5. The highest BCUT2D eigenvalue weighted by Crippen LogP contribution is 2.18. The van der Waals surface area contributed by atoms with Gasteiger partial charge >= 0.3 is 0 Å². The maximum atomic E-state index is 12.5. The van der Waals surface area contributed by atoms with Crippen molar-refractivity contribution in [2.45, 2.75) is 37.6 Å². The number of aryl methyl sites for hydroxylation is 1. The molecule has 146 valence electrons. The number of thiocarbonyl (C=S) groups is 1. The van der Waals surface area contributed by atoms with Crippen molar-refractivity contribution < 1.29 is 13.2 Å². The van der Waals surface area contributed by atoms with E-state index in [4.69, 9.17) is 12.2 Å². The molecule has 0 aliphatic carbocycles. The van der Waals surface area contributed by atoms with Crippen LogP contribution in [0, 0.1) is 6.92 Å². The number of rotatable bonds is 7. The molecule has 2 aromatic rings. The van der Waals surface area contributed by atoms with E-state index in [2.05, 4.69) is 20.3 Å². The normalized spacial score (nSPS) is 12.3. The molecule has 1 aromatic heterocycles. The van der Waals surface area contributed by atoms with E-state index < -0.39 is 10.0 Å². The van der Waals surface area contributed by atoms with Crippen LogP contribution in [0.2, 0.25) is 0 Å². The van der Waals surface area contributed by atoms with Crippen molar-refractivity contribution in [1.82, 2.24) is 20.3 Å². The Balaban J connectivity index is 2.15. The monoisotopic (exact) mass is 408 g/mol. The summed E-state index contributed by atoms with van der Waals surface area (Å²) in [5.74, 6) is -0.178. The van der Waals surface area contributed by atoms with E-state index in [9.17, 15) is 13.2 Å². The van der Waals surface area contributed by atoms with Gasteiger partial charge in [0.25, 0.3) is 10.0 Å². The molecule has 4 N–H and O–H groups in total. The van der Waals surface area contributed by atoms with Crippen LogP contribution >= 0.6 is 12.2 Å². The molecule has 1 aromatic carbocycles. The molecule has 0 aliphatic heterocycles. The SMILES string of the molecule is CCC(NC(=O)Cc1ccc(C)c(S(=O)(=O)NC(=S)NC)c1)c1ccc[nH]1. The van der Waals surface area contributed by atoms with Crippen LogP contribution in [0.5, 0.6) is 0 Å². The molecule has 0 spiro atoms. The number of aromatic amines is 1. The lowest BCUT2D eigenvalue weighted by Gasteiger charge is -2.16. The summed E-state index contributed by atoms with van der Waals surface area (Å²) in [5.41, 5.74) is 2.11. The number of H-pyrrole nitrogens is 1. The summed E-state index contributed by atoms with van der Waals surface area (Å²) in [6, 6.07) is 8.62. The van der Waals surface area contributed by atoms with Crippen LogP contribution in [-0.4, -0.2) is 31.5 Å². The molecule has 0 radical (unpaired) electrons. The van der Waals surface area contributed by atoms with Crippen LogP contribution in [0.25, 0.3) is 0 Å². The van der Waals surface area contributed by atoms with Gasteiger partial charge in [-0.1, -0.05) is 19.1 Å². The number of carbonyl (C=O) groups is 1. The van der Waals surface area contributed by atoms with E-state index in [0.29, 0.717) is 11.1 Å². The molecular formula is C18H24N4O3S2. The Hall–Kier alpha value is -2.39. The molecule has 9 heteroatoms. The van der Waals surface area contributed by atoms with Crippen LogP contribution in [0.3, 0.4) is 0 Å². The van der Waals surface area contributed by atoms with Gasteiger partial charge < -0.3 is 15.6 Å². The van der Waals surface area contributed by atoms with E-state index >= 15 is 0 Å². The van der Waals surface area contributed by atoms with E-state index in [-0.39, 0.29) is 28.4 Å². The number of sulfonamides is 1. The lowest BCUT2D eigenvalue weighted by molar-refractivity contribution is -0.121. The first-order chi connectivity index (χ1) is 12.8. The molecule has 1 heterocycles. The van der Waals surface area contributed by atoms with Crippen molar-refractivity contribution in [3.05, 3.63) is 53.3 Å². The van der Waals surface area contributed by atoms with Gasteiger partial charge in [-0.05, 0) is 54.9 Å². The van der Waals surface area contributed by atoms with Crippen LogP contribution in [0.15, 0.2) is 41.4 Å². The fourth-order valence-electron chi connectivity index (χ4n) is 2.66. The van der Waals surface area contributed by atoms with Gasteiger partial charge in [0.2, 0.25) is 5.91 Å². The minimum Gasteiger partial charge on any atom is -0.365 e. The predicted molar refractivity (Wildman–Crippen MR) is 109 cm³/mol. The van der Waals surface area contributed by atoms with Crippen molar-refractivity contribution in [3.8, 4) is 0 Å². The molecular weight excluding hydrogens is 384 g/mol. The van der Waals surface area contributed by atoms with Gasteiger partial charge in [-0.25, -0.2) is 8.42 Å². The number of nitrogens with one attached hydrogen (secondary N) is 4. The van der Waals surface area contributed by atoms with Gasteiger partial charge in [0.1, 0.15) is 0 Å². The van der Waals surface area contributed by atoms with Crippen molar-refractivity contribution in [1.29, 1.82) is 0 Å². The molecule has 0 saturated heterocycles. The highest BCUT2D eigenvalue weighted by Gasteiger charge is 2.20. The lowest BCUT2D eigenvalue weighted by Crippen LogP contribution is -2.37. The lowest BCUT2D eigenvalue weighted by atomic mass is 10.1. The minimum atomic E-state index is -3.81. The highest BCUT2D eigenvalue weighted by atomic mass is 32.2. The van der Waals surface area contributed by atoms with E-state index in [1.54, 1.807) is 19.1 Å². The van der Waals surface area contributed by atoms with E-state index in [1.165, 1.54) is 13.1 Å². The Morgan fingerprint density at radius 3 is 2.63 bits per heavy atom. The summed E-state index contributed by atoms with van der Waals surface area (Å²) in [6.45, 7) is 3.68. The summed E-state index contributed by atoms with van der Waals surface area (Å²) >= 11 is 4.88. The first-order valence-corrected chi connectivity index (χ1v) is 10.4. The summed E-state index contributed by atoms with van der Waals surface area (Å²) in [4.78, 5) is 15.6. The van der Waals surface area contributed by atoms with Crippen molar-refractivity contribution >= 4 is 33.3 Å². The zero-order chi connectivity index (χ0) is 20.0. The molecule has 2 rings (SSSR count). The topological polar surface area (TPSA) is 103 Å². The largest absolute Gasteiger partial charge is 0.365 e. The Morgan fingerprint density at radius 1 is 1.30 bits per heavy atom.